The lowest BCUT2D eigenvalue weighted by Crippen LogP contribution is -2.11. The maximum Gasteiger partial charge on any atom is 0.328 e. The molecular weight excluding hydrogens is 308 g/mol. The number of allylic oxidation sites excluding steroid dienone is 1. The molecule has 0 bridgehead atoms. The van der Waals surface area contributed by atoms with Crippen molar-refractivity contribution in [3.05, 3.63) is 34.9 Å². The minimum atomic E-state index is -1.20. The van der Waals surface area contributed by atoms with Crippen LogP contribution in [0.1, 0.15) is 38.1 Å². The summed E-state index contributed by atoms with van der Waals surface area (Å²) in [6.07, 6.45) is 1.46. The van der Waals surface area contributed by atoms with Crippen LogP contribution in [0.5, 0.6) is 11.5 Å². The second-order valence-corrected chi connectivity index (χ2v) is 5.56. The predicted octanol–water partition coefficient (Wildman–Crippen LogP) is 3.74. The van der Waals surface area contributed by atoms with E-state index in [1.807, 2.05) is 27.7 Å². The third kappa shape index (κ3) is 5.41. The van der Waals surface area contributed by atoms with Crippen molar-refractivity contribution in [2.24, 2.45) is 0 Å². The van der Waals surface area contributed by atoms with Crippen LogP contribution in [0, 0.1) is 0 Å². The highest BCUT2D eigenvalue weighted by molar-refractivity contribution is 6.32. The highest BCUT2D eigenvalue weighted by atomic mass is 35.5. The van der Waals surface area contributed by atoms with E-state index in [1.54, 1.807) is 0 Å². The number of hydrogen-bond donors (Lipinski definition) is 1. The minimum Gasteiger partial charge on any atom is -0.490 e. The Labute approximate surface area is 134 Å². The average Bonchev–Trinajstić information content (AvgIpc) is 2.37. The van der Waals surface area contributed by atoms with E-state index in [1.165, 1.54) is 12.1 Å². The zero-order valence-electron chi connectivity index (χ0n) is 12.9. The largest absolute Gasteiger partial charge is 0.490 e. The molecule has 1 aromatic rings. The van der Waals surface area contributed by atoms with E-state index >= 15 is 0 Å². The number of carboxylic acids is 1. The van der Waals surface area contributed by atoms with Crippen LogP contribution >= 0.6 is 11.6 Å². The SMILES string of the molecule is CC(C)Oc1cc(C(=O)/C=C/C(=O)O)c(OC(C)C)cc1Cl. The Kier molecular flexibility index (Phi) is 6.43. The Morgan fingerprint density at radius 1 is 1.05 bits per heavy atom. The molecule has 0 aliphatic heterocycles. The van der Waals surface area contributed by atoms with Crippen molar-refractivity contribution in [3.8, 4) is 11.5 Å². The first-order valence-corrected chi connectivity index (χ1v) is 7.20. The molecule has 0 saturated heterocycles. The molecule has 0 radical (unpaired) electrons. The van der Waals surface area contributed by atoms with Gasteiger partial charge in [0, 0.05) is 12.1 Å². The molecule has 1 aromatic carbocycles. The van der Waals surface area contributed by atoms with Gasteiger partial charge in [-0.3, -0.25) is 4.79 Å². The summed E-state index contributed by atoms with van der Waals surface area (Å²) in [5.74, 6) is -1.06. The summed E-state index contributed by atoms with van der Waals surface area (Å²) in [7, 11) is 0. The lowest BCUT2D eigenvalue weighted by atomic mass is 10.1. The highest BCUT2D eigenvalue weighted by Gasteiger charge is 2.17. The van der Waals surface area contributed by atoms with Gasteiger partial charge in [0.25, 0.3) is 0 Å². The first kappa shape index (κ1) is 18.0. The molecule has 0 heterocycles. The van der Waals surface area contributed by atoms with Crippen molar-refractivity contribution in [2.45, 2.75) is 39.9 Å². The number of carbonyl (C=O) groups is 2. The van der Waals surface area contributed by atoms with Crippen LogP contribution in [-0.4, -0.2) is 29.1 Å². The monoisotopic (exact) mass is 326 g/mol. The summed E-state index contributed by atoms with van der Waals surface area (Å²) < 4.78 is 11.1. The van der Waals surface area contributed by atoms with E-state index < -0.39 is 11.8 Å². The predicted molar refractivity (Wildman–Crippen MR) is 84.1 cm³/mol. The molecule has 0 aliphatic rings. The van der Waals surface area contributed by atoms with Crippen LogP contribution in [0.25, 0.3) is 0 Å². The van der Waals surface area contributed by atoms with E-state index in [2.05, 4.69) is 0 Å². The van der Waals surface area contributed by atoms with Crippen LogP contribution in [0.2, 0.25) is 5.02 Å². The van der Waals surface area contributed by atoms with Crippen molar-refractivity contribution in [3.63, 3.8) is 0 Å². The molecule has 0 unspecified atom stereocenters. The molecule has 1 N–H and O–H groups in total. The molecule has 6 heteroatoms. The van der Waals surface area contributed by atoms with Gasteiger partial charge in [-0.2, -0.15) is 0 Å². The van der Waals surface area contributed by atoms with Crippen LogP contribution < -0.4 is 9.47 Å². The molecule has 0 aliphatic carbocycles. The van der Waals surface area contributed by atoms with Gasteiger partial charge in [0.2, 0.25) is 0 Å². The van der Waals surface area contributed by atoms with E-state index in [0.29, 0.717) is 10.8 Å². The van der Waals surface area contributed by atoms with Gasteiger partial charge in [0.05, 0.1) is 22.8 Å². The van der Waals surface area contributed by atoms with Gasteiger partial charge in [0.1, 0.15) is 11.5 Å². The maximum atomic E-state index is 12.2. The quantitative estimate of drug-likeness (QED) is 0.610. The fourth-order valence-corrected chi connectivity index (χ4v) is 1.86. The van der Waals surface area contributed by atoms with Crippen LogP contribution in [0.15, 0.2) is 24.3 Å². The van der Waals surface area contributed by atoms with Gasteiger partial charge in [0.15, 0.2) is 5.78 Å². The second-order valence-electron chi connectivity index (χ2n) is 5.15. The van der Waals surface area contributed by atoms with Crippen molar-refractivity contribution in [1.82, 2.24) is 0 Å². The van der Waals surface area contributed by atoms with Gasteiger partial charge in [-0.05, 0) is 39.8 Å². The van der Waals surface area contributed by atoms with Crippen LogP contribution in [-0.2, 0) is 4.79 Å². The van der Waals surface area contributed by atoms with Crippen LogP contribution in [0.3, 0.4) is 0 Å². The lowest BCUT2D eigenvalue weighted by Gasteiger charge is -2.17. The molecule has 0 aromatic heterocycles. The zero-order valence-corrected chi connectivity index (χ0v) is 13.7. The molecule has 0 saturated carbocycles. The molecule has 5 nitrogen and oxygen atoms in total. The van der Waals surface area contributed by atoms with E-state index in [4.69, 9.17) is 26.2 Å². The standard InChI is InChI=1S/C16H19ClO5/c1-9(2)21-14-8-12(17)15(22-10(3)4)7-11(14)13(18)5-6-16(19)20/h5-10H,1-4H3,(H,19,20)/b6-5+. The molecule has 0 atom stereocenters. The molecule has 0 fully saturated rings. The van der Waals surface area contributed by atoms with Gasteiger partial charge >= 0.3 is 5.97 Å². The minimum absolute atomic E-state index is 0.119. The normalized spacial score (nSPS) is 11.2. The lowest BCUT2D eigenvalue weighted by molar-refractivity contribution is -0.131. The van der Waals surface area contributed by atoms with E-state index in [-0.39, 0.29) is 23.5 Å². The Morgan fingerprint density at radius 2 is 1.59 bits per heavy atom. The smallest absolute Gasteiger partial charge is 0.328 e. The molecule has 22 heavy (non-hydrogen) atoms. The van der Waals surface area contributed by atoms with Crippen LogP contribution in [0.4, 0.5) is 0 Å². The number of ketones is 1. The number of carbonyl (C=O) groups excluding carboxylic acids is 1. The van der Waals surface area contributed by atoms with Gasteiger partial charge in [-0.1, -0.05) is 11.6 Å². The van der Waals surface area contributed by atoms with Gasteiger partial charge in [-0.25, -0.2) is 4.79 Å². The van der Waals surface area contributed by atoms with Gasteiger partial charge in [-0.15, -0.1) is 0 Å². The maximum absolute atomic E-state index is 12.2. The zero-order chi connectivity index (χ0) is 16.9. The van der Waals surface area contributed by atoms with Crippen molar-refractivity contribution >= 4 is 23.4 Å². The third-order valence-corrected chi connectivity index (χ3v) is 2.70. The number of benzene rings is 1. The number of hydrogen-bond acceptors (Lipinski definition) is 4. The number of carboxylic acid groups (broad SMARTS) is 1. The Hall–Kier alpha value is -2.01. The summed E-state index contributed by atoms with van der Waals surface area (Å²) in [6, 6.07) is 2.97. The highest BCUT2D eigenvalue weighted by Crippen LogP contribution is 2.34. The third-order valence-electron chi connectivity index (χ3n) is 2.40. The second kappa shape index (κ2) is 7.84. The number of aliphatic carboxylic acids is 1. The summed E-state index contributed by atoms with van der Waals surface area (Å²) in [4.78, 5) is 22.7. The molecule has 0 spiro atoms. The van der Waals surface area contributed by atoms with Crippen molar-refractivity contribution < 1.29 is 24.2 Å². The fraction of sp³-hybridized carbons (Fsp3) is 0.375. The number of halogens is 1. The molecule has 120 valence electrons. The Bertz CT molecular complexity index is 590. The molecule has 1 rings (SSSR count). The average molecular weight is 327 g/mol. The Balaban J connectivity index is 3.29. The topological polar surface area (TPSA) is 72.8 Å². The van der Waals surface area contributed by atoms with E-state index in [0.717, 1.165) is 12.2 Å². The van der Waals surface area contributed by atoms with Crippen molar-refractivity contribution in [1.29, 1.82) is 0 Å². The van der Waals surface area contributed by atoms with E-state index in [9.17, 15) is 9.59 Å². The molecule has 0 amide bonds. The number of ether oxygens (including phenoxy) is 2. The van der Waals surface area contributed by atoms with Crippen molar-refractivity contribution in [2.75, 3.05) is 0 Å². The Morgan fingerprint density at radius 3 is 2.09 bits per heavy atom. The molecular formula is C16H19ClO5. The number of rotatable bonds is 7. The first-order chi connectivity index (χ1) is 10.2. The summed E-state index contributed by atoms with van der Waals surface area (Å²) in [6.45, 7) is 7.29. The van der Waals surface area contributed by atoms with Gasteiger partial charge < -0.3 is 14.6 Å². The summed E-state index contributed by atoms with van der Waals surface area (Å²) in [5.41, 5.74) is 0.200. The first-order valence-electron chi connectivity index (χ1n) is 6.83. The summed E-state index contributed by atoms with van der Waals surface area (Å²) >= 11 is 6.13. The summed E-state index contributed by atoms with van der Waals surface area (Å²) in [5, 5.41) is 8.95. The fourth-order valence-electron chi connectivity index (χ4n) is 1.66.